The highest BCUT2D eigenvalue weighted by Gasteiger charge is 2.17. The van der Waals surface area contributed by atoms with Gasteiger partial charge in [0.05, 0.1) is 5.69 Å². The van der Waals surface area contributed by atoms with Gasteiger partial charge in [0.2, 0.25) is 11.9 Å². The van der Waals surface area contributed by atoms with Crippen molar-refractivity contribution in [3.8, 4) is 5.69 Å². The fourth-order valence-corrected chi connectivity index (χ4v) is 3.20. The first kappa shape index (κ1) is 18.0. The van der Waals surface area contributed by atoms with Crippen LogP contribution in [0.1, 0.15) is 12.5 Å². The van der Waals surface area contributed by atoms with Crippen LogP contribution in [0, 0.1) is 17.5 Å². The lowest BCUT2D eigenvalue weighted by molar-refractivity contribution is -0.114. The predicted molar refractivity (Wildman–Crippen MR) is 91.5 cm³/mol. The van der Waals surface area contributed by atoms with Crippen LogP contribution in [0.3, 0.4) is 0 Å². The van der Waals surface area contributed by atoms with E-state index in [0.717, 1.165) is 11.8 Å². The van der Waals surface area contributed by atoms with E-state index >= 15 is 0 Å². The molecule has 26 heavy (non-hydrogen) atoms. The third kappa shape index (κ3) is 3.88. The fourth-order valence-electron chi connectivity index (χ4n) is 2.23. The van der Waals surface area contributed by atoms with Crippen LogP contribution in [0.25, 0.3) is 5.69 Å². The van der Waals surface area contributed by atoms with Gasteiger partial charge in [-0.1, -0.05) is 17.8 Å². The van der Waals surface area contributed by atoms with Gasteiger partial charge in [0.25, 0.3) is 0 Å². The number of amides is 1. The topological polar surface area (TPSA) is 59.8 Å². The Hall–Kier alpha value is -2.81. The smallest absolute Gasteiger partial charge is 0.236 e. The van der Waals surface area contributed by atoms with E-state index in [9.17, 15) is 18.0 Å². The van der Waals surface area contributed by atoms with Gasteiger partial charge < -0.3 is 0 Å². The number of carbonyl (C=O) groups excluding carboxylic acids is 1. The molecule has 1 amide bonds. The van der Waals surface area contributed by atoms with Crippen LogP contribution in [0.2, 0.25) is 0 Å². The van der Waals surface area contributed by atoms with Crippen LogP contribution >= 0.6 is 11.8 Å². The maximum absolute atomic E-state index is 13.8. The molecular weight excluding hydrogens is 365 g/mol. The van der Waals surface area contributed by atoms with Crippen LogP contribution < -0.4 is 5.32 Å². The molecule has 0 aliphatic rings. The first-order chi connectivity index (χ1) is 12.5. The van der Waals surface area contributed by atoms with E-state index in [-0.39, 0.29) is 23.2 Å². The van der Waals surface area contributed by atoms with Crippen LogP contribution in [0.15, 0.2) is 47.6 Å². The SMILES string of the molecule is CC(=O)Nc1nnc(SCc2c(F)cccc2F)n1-c1ccc(F)cc1. The van der Waals surface area contributed by atoms with Crippen molar-refractivity contribution in [1.82, 2.24) is 14.8 Å². The summed E-state index contributed by atoms with van der Waals surface area (Å²) in [6, 6.07) is 9.10. The molecule has 0 atom stereocenters. The largest absolute Gasteiger partial charge is 0.295 e. The molecule has 1 aromatic heterocycles. The number of nitrogens with zero attached hydrogens (tertiary/aromatic N) is 3. The minimum atomic E-state index is -0.660. The van der Waals surface area contributed by atoms with Crippen molar-refractivity contribution < 1.29 is 18.0 Å². The average molecular weight is 378 g/mol. The van der Waals surface area contributed by atoms with Crippen molar-refractivity contribution in [2.75, 3.05) is 5.32 Å². The number of rotatable bonds is 5. The van der Waals surface area contributed by atoms with Crippen molar-refractivity contribution in [3.63, 3.8) is 0 Å². The zero-order valence-corrected chi connectivity index (χ0v) is 14.4. The highest BCUT2D eigenvalue weighted by molar-refractivity contribution is 7.98. The molecule has 3 aromatic rings. The number of thioether (sulfide) groups is 1. The van der Waals surface area contributed by atoms with E-state index in [1.807, 2.05) is 0 Å². The summed E-state index contributed by atoms with van der Waals surface area (Å²) in [4.78, 5) is 11.4. The van der Waals surface area contributed by atoms with Gasteiger partial charge in [-0.05, 0) is 36.4 Å². The van der Waals surface area contributed by atoms with Gasteiger partial charge in [-0.25, -0.2) is 13.2 Å². The highest BCUT2D eigenvalue weighted by atomic mass is 32.2. The summed E-state index contributed by atoms with van der Waals surface area (Å²) in [5.74, 6) is -2.01. The lowest BCUT2D eigenvalue weighted by Gasteiger charge is -2.10. The Balaban J connectivity index is 1.95. The van der Waals surface area contributed by atoms with Crippen molar-refractivity contribution in [3.05, 3.63) is 65.5 Å². The molecule has 1 N–H and O–H groups in total. The standard InChI is InChI=1S/C17H13F3N4OS/c1-10(25)21-16-22-23-17(24(16)12-7-5-11(18)6-8-12)26-9-13-14(19)3-2-4-15(13)20/h2-8H,9H2,1H3,(H,21,22,25). The van der Waals surface area contributed by atoms with Crippen LogP contribution in [-0.2, 0) is 10.5 Å². The maximum atomic E-state index is 13.8. The number of anilines is 1. The Bertz CT molecular complexity index is 923. The third-order valence-corrected chi connectivity index (χ3v) is 4.37. The van der Waals surface area contributed by atoms with E-state index in [2.05, 4.69) is 15.5 Å². The fraction of sp³-hybridized carbons (Fsp3) is 0.118. The molecule has 2 aromatic carbocycles. The normalized spacial score (nSPS) is 10.8. The van der Waals surface area contributed by atoms with E-state index in [4.69, 9.17) is 0 Å². The number of halogens is 3. The van der Waals surface area contributed by atoms with Crippen molar-refractivity contribution in [1.29, 1.82) is 0 Å². The lowest BCUT2D eigenvalue weighted by Crippen LogP contribution is -2.11. The maximum Gasteiger partial charge on any atom is 0.236 e. The quantitative estimate of drug-likeness (QED) is 0.684. The second-order valence-electron chi connectivity index (χ2n) is 5.29. The molecule has 0 radical (unpaired) electrons. The summed E-state index contributed by atoms with van der Waals surface area (Å²) >= 11 is 1.04. The van der Waals surface area contributed by atoms with Gasteiger partial charge in [0.15, 0.2) is 5.16 Å². The minimum Gasteiger partial charge on any atom is -0.295 e. The number of carbonyl (C=O) groups is 1. The average Bonchev–Trinajstić information content (AvgIpc) is 2.97. The van der Waals surface area contributed by atoms with Crippen LogP contribution in [0.4, 0.5) is 19.1 Å². The first-order valence-electron chi connectivity index (χ1n) is 7.50. The van der Waals surface area contributed by atoms with Gasteiger partial charge >= 0.3 is 0 Å². The second-order valence-corrected chi connectivity index (χ2v) is 6.23. The Kier molecular flexibility index (Phi) is 5.27. The predicted octanol–water partition coefficient (Wildman–Crippen LogP) is 3.94. The monoisotopic (exact) mass is 378 g/mol. The van der Waals surface area contributed by atoms with E-state index in [1.54, 1.807) is 0 Å². The number of nitrogens with one attached hydrogen (secondary N) is 1. The minimum absolute atomic E-state index is 0.0299. The zero-order valence-electron chi connectivity index (χ0n) is 13.5. The molecular formula is C17H13F3N4OS. The molecule has 0 saturated carbocycles. The molecule has 0 aliphatic heterocycles. The number of hydrogen-bond donors (Lipinski definition) is 1. The summed E-state index contributed by atoms with van der Waals surface area (Å²) < 4.78 is 42.3. The summed E-state index contributed by atoms with van der Waals surface area (Å²) in [6.45, 7) is 1.31. The molecule has 1 heterocycles. The van der Waals surface area contributed by atoms with Crippen molar-refractivity contribution in [2.45, 2.75) is 17.8 Å². The summed E-state index contributed by atoms with van der Waals surface area (Å²) in [6.07, 6.45) is 0. The highest BCUT2D eigenvalue weighted by Crippen LogP contribution is 2.29. The molecule has 0 bridgehead atoms. The van der Waals surface area contributed by atoms with Gasteiger partial charge in [-0.2, -0.15) is 0 Å². The molecule has 9 heteroatoms. The molecule has 5 nitrogen and oxygen atoms in total. The summed E-state index contributed by atoms with van der Waals surface area (Å²) in [5, 5.41) is 10.7. The van der Waals surface area contributed by atoms with Gasteiger partial charge in [0.1, 0.15) is 17.5 Å². The Morgan fingerprint density at radius 1 is 1.08 bits per heavy atom. The van der Waals surface area contributed by atoms with Gasteiger partial charge in [-0.3, -0.25) is 14.7 Å². The van der Waals surface area contributed by atoms with Crippen LogP contribution in [0.5, 0.6) is 0 Å². The first-order valence-corrected chi connectivity index (χ1v) is 8.49. The molecule has 0 saturated heterocycles. The summed E-state index contributed by atoms with van der Waals surface area (Å²) in [5.41, 5.74) is 0.406. The Morgan fingerprint density at radius 2 is 1.73 bits per heavy atom. The Morgan fingerprint density at radius 3 is 2.35 bits per heavy atom. The van der Waals surface area contributed by atoms with Crippen molar-refractivity contribution >= 4 is 23.6 Å². The number of aromatic nitrogens is 3. The molecule has 0 unspecified atom stereocenters. The molecule has 3 rings (SSSR count). The third-order valence-electron chi connectivity index (χ3n) is 3.41. The Labute approximate surface area is 151 Å². The van der Waals surface area contributed by atoms with Crippen molar-refractivity contribution in [2.24, 2.45) is 0 Å². The van der Waals surface area contributed by atoms with E-state index < -0.39 is 17.5 Å². The zero-order chi connectivity index (χ0) is 18.7. The van der Waals surface area contributed by atoms with E-state index in [0.29, 0.717) is 10.8 Å². The second kappa shape index (κ2) is 7.61. The number of benzene rings is 2. The lowest BCUT2D eigenvalue weighted by atomic mass is 10.2. The molecule has 134 valence electrons. The number of hydrogen-bond acceptors (Lipinski definition) is 4. The van der Waals surface area contributed by atoms with Gasteiger partial charge in [-0.15, -0.1) is 10.2 Å². The molecule has 0 fully saturated rings. The summed E-state index contributed by atoms with van der Waals surface area (Å²) in [7, 11) is 0. The molecule has 0 aliphatic carbocycles. The molecule has 0 spiro atoms. The van der Waals surface area contributed by atoms with Gasteiger partial charge in [0, 0.05) is 18.2 Å². The van der Waals surface area contributed by atoms with Crippen LogP contribution in [-0.4, -0.2) is 20.7 Å². The van der Waals surface area contributed by atoms with E-state index in [1.165, 1.54) is 54.0 Å².